The molecule has 0 bridgehead atoms. The Kier molecular flexibility index (Phi) is 11.6. The second kappa shape index (κ2) is 16.0. The molecule has 2 heterocycles. The van der Waals surface area contributed by atoms with Crippen LogP contribution in [0, 0.1) is 6.92 Å². The summed E-state index contributed by atoms with van der Waals surface area (Å²) in [5.74, 6) is 0.322. The van der Waals surface area contributed by atoms with Gasteiger partial charge in [-0.2, -0.15) is 5.10 Å². The Balaban J connectivity index is 1.19. The summed E-state index contributed by atoms with van der Waals surface area (Å²) >= 11 is 7.93. The van der Waals surface area contributed by atoms with Crippen LogP contribution < -0.4 is 20.7 Å². The summed E-state index contributed by atoms with van der Waals surface area (Å²) in [7, 11) is 0. The average molecular weight is 676 g/mol. The summed E-state index contributed by atoms with van der Waals surface area (Å²) in [5, 5.41) is 17.0. The first-order valence-electron chi connectivity index (χ1n) is 15.5. The van der Waals surface area contributed by atoms with Crippen LogP contribution in [0.15, 0.2) is 78.0 Å². The first-order valence-corrected chi connectivity index (χ1v) is 16.9. The Labute approximate surface area is 283 Å². The number of anilines is 1. The van der Waals surface area contributed by atoms with Crippen molar-refractivity contribution in [2.75, 3.05) is 30.3 Å². The SMILES string of the molecule is Cc1c(Cl)cccc1OCCCC(=O)N1CCSc2c(-c3cnn(Cc4cccc(C(=O)NCCCC(N)C(=O)O)c4)c3)cccc21. The standard InChI is InChI=1S/C35H38ClN5O5S/c1-23-28(36)10-4-13-31(23)46-17-6-14-32(42)41-16-18-47-33-27(9-3-12-30(33)41)26-20-39-40(22-26)21-24-7-2-8-25(19-24)34(43)38-15-5-11-29(37)35(44)45/h2-4,7-10,12-13,19-20,22,29H,5-6,11,14-18,21,37H2,1H3,(H,38,43)(H,44,45). The molecule has 5 rings (SSSR count). The second-order valence-corrected chi connectivity index (χ2v) is 12.8. The lowest BCUT2D eigenvalue weighted by atomic mass is 10.1. The number of hydrogen-bond acceptors (Lipinski definition) is 7. The Morgan fingerprint density at radius 3 is 2.77 bits per heavy atom. The minimum Gasteiger partial charge on any atom is -0.493 e. The van der Waals surface area contributed by atoms with E-state index in [0.717, 1.165) is 44.3 Å². The van der Waals surface area contributed by atoms with Crippen LogP contribution in [0.5, 0.6) is 5.75 Å². The number of ether oxygens (including phenoxy) is 1. The van der Waals surface area contributed by atoms with Gasteiger partial charge in [0.1, 0.15) is 11.8 Å². The van der Waals surface area contributed by atoms with Crippen molar-refractivity contribution in [3.63, 3.8) is 0 Å². The topological polar surface area (TPSA) is 140 Å². The molecule has 246 valence electrons. The number of nitrogens with one attached hydrogen (secondary N) is 1. The number of nitrogens with zero attached hydrogens (tertiary/aromatic N) is 3. The molecule has 0 radical (unpaired) electrons. The third kappa shape index (κ3) is 8.73. The number of aromatic nitrogens is 2. The summed E-state index contributed by atoms with van der Waals surface area (Å²) in [4.78, 5) is 39.8. The van der Waals surface area contributed by atoms with E-state index < -0.39 is 12.0 Å². The van der Waals surface area contributed by atoms with Crippen molar-refractivity contribution < 1.29 is 24.2 Å². The van der Waals surface area contributed by atoms with Crippen LogP contribution >= 0.6 is 23.4 Å². The van der Waals surface area contributed by atoms with Gasteiger partial charge < -0.3 is 25.8 Å². The fraction of sp³-hybridized carbons (Fsp3) is 0.314. The van der Waals surface area contributed by atoms with E-state index in [4.69, 9.17) is 27.2 Å². The third-order valence-corrected chi connectivity index (χ3v) is 9.44. The van der Waals surface area contributed by atoms with Crippen LogP contribution in [-0.2, 0) is 16.1 Å². The maximum Gasteiger partial charge on any atom is 0.320 e. The molecule has 4 N–H and O–H groups in total. The van der Waals surface area contributed by atoms with Crippen molar-refractivity contribution >= 4 is 46.8 Å². The van der Waals surface area contributed by atoms with Gasteiger partial charge in [-0.15, -0.1) is 11.8 Å². The maximum absolute atomic E-state index is 13.3. The quantitative estimate of drug-likeness (QED) is 0.143. The molecule has 2 amide bonds. The van der Waals surface area contributed by atoms with Crippen molar-refractivity contribution in [1.82, 2.24) is 15.1 Å². The van der Waals surface area contributed by atoms with Crippen molar-refractivity contribution in [1.29, 1.82) is 0 Å². The predicted octanol–water partition coefficient (Wildman–Crippen LogP) is 5.78. The van der Waals surface area contributed by atoms with E-state index in [0.29, 0.717) is 56.1 Å². The fourth-order valence-corrected chi connectivity index (χ4v) is 6.67. The van der Waals surface area contributed by atoms with Gasteiger partial charge in [-0.25, -0.2) is 0 Å². The summed E-state index contributed by atoms with van der Waals surface area (Å²) in [6, 6.07) is 18.0. The molecule has 4 aromatic rings. The number of carboxylic acid groups (broad SMARTS) is 1. The highest BCUT2D eigenvalue weighted by atomic mass is 35.5. The van der Waals surface area contributed by atoms with E-state index >= 15 is 0 Å². The van der Waals surface area contributed by atoms with Crippen molar-refractivity contribution in [2.24, 2.45) is 5.73 Å². The van der Waals surface area contributed by atoms with Gasteiger partial charge in [0, 0.05) is 63.6 Å². The Morgan fingerprint density at radius 1 is 1.13 bits per heavy atom. The van der Waals surface area contributed by atoms with Gasteiger partial charge in [-0.05, 0) is 62.1 Å². The molecule has 10 nitrogen and oxygen atoms in total. The first-order chi connectivity index (χ1) is 22.7. The smallest absolute Gasteiger partial charge is 0.320 e. The fourth-order valence-electron chi connectivity index (χ4n) is 5.36. The Bertz CT molecular complexity index is 1750. The second-order valence-electron chi connectivity index (χ2n) is 11.3. The van der Waals surface area contributed by atoms with Gasteiger partial charge in [0.05, 0.1) is 25.0 Å². The molecule has 0 spiro atoms. The van der Waals surface area contributed by atoms with Crippen molar-refractivity contribution in [2.45, 2.75) is 50.1 Å². The molecule has 0 saturated carbocycles. The number of amides is 2. The summed E-state index contributed by atoms with van der Waals surface area (Å²) in [6.45, 7) is 3.80. The zero-order valence-electron chi connectivity index (χ0n) is 26.2. The van der Waals surface area contributed by atoms with Gasteiger partial charge in [-0.3, -0.25) is 19.1 Å². The van der Waals surface area contributed by atoms with Crippen LogP contribution in [-0.4, -0.2) is 64.2 Å². The normalized spacial score (nSPS) is 13.1. The van der Waals surface area contributed by atoms with Gasteiger partial charge in [-0.1, -0.05) is 41.9 Å². The molecule has 1 aliphatic heterocycles. The molecular formula is C35H38ClN5O5S. The molecular weight excluding hydrogens is 638 g/mol. The number of fused-ring (bicyclic) bond motifs is 1. The van der Waals surface area contributed by atoms with E-state index in [1.165, 1.54) is 0 Å². The molecule has 12 heteroatoms. The zero-order valence-corrected chi connectivity index (χ0v) is 27.7. The highest BCUT2D eigenvalue weighted by Crippen LogP contribution is 2.42. The average Bonchev–Trinajstić information content (AvgIpc) is 3.54. The zero-order chi connectivity index (χ0) is 33.3. The molecule has 1 aromatic heterocycles. The summed E-state index contributed by atoms with van der Waals surface area (Å²) in [5.41, 5.74) is 10.7. The van der Waals surface area contributed by atoms with Crippen LogP contribution in [0.1, 0.15) is 47.2 Å². The number of hydrogen-bond donors (Lipinski definition) is 3. The number of halogens is 1. The van der Waals surface area contributed by atoms with Gasteiger partial charge >= 0.3 is 5.97 Å². The molecule has 47 heavy (non-hydrogen) atoms. The molecule has 1 unspecified atom stereocenters. The third-order valence-electron chi connectivity index (χ3n) is 7.93. The minimum atomic E-state index is -1.05. The number of carbonyl (C=O) groups excluding carboxylic acids is 2. The highest BCUT2D eigenvalue weighted by Gasteiger charge is 2.25. The number of benzene rings is 3. The first kappa shape index (κ1) is 34.0. The van der Waals surface area contributed by atoms with Crippen LogP contribution in [0.3, 0.4) is 0 Å². The number of nitrogens with two attached hydrogens (primary N) is 1. The lowest BCUT2D eigenvalue weighted by molar-refractivity contribution is -0.138. The molecule has 1 atom stereocenters. The van der Waals surface area contributed by atoms with Crippen molar-refractivity contribution in [3.8, 4) is 16.9 Å². The largest absolute Gasteiger partial charge is 0.493 e. The number of aliphatic carboxylic acids is 1. The lowest BCUT2D eigenvalue weighted by Crippen LogP contribution is -2.35. The molecule has 0 saturated heterocycles. The number of thioether (sulfide) groups is 1. The summed E-state index contributed by atoms with van der Waals surface area (Å²) < 4.78 is 7.72. The number of carboxylic acids is 1. The maximum atomic E-state index is 13.3. The van der Waals surface area contributed by atoms with Crippen molar-refractivity contribution in [3.05, 3.63) is 94.8 Å². The van der Waals surface area contributed by atoms with Crippen LogP contribution in [0.2, 0.25) is 5.02 Å². The summed E-state index contributed by atoms with van der Waals surface area (Å²) in [6.07, 6.45) is 5.54. The van der Waals surface area contributed by atoms with Crippen LogP contribution in [0.4, 0.5) is 5.69 Å². The van der Waals surface area contributed by atoms with E-state index in [-0.39, 0.29) is 18.2 Å². The Hall–Kier alpha value is -4.32. The lowest BCUT2D eigenvalue weighted by Gasteiger charge is -2.30. The van der Waals surface area contributed by atoms with E-state index in [9.17, 15) is 14.4 Å². The highest BCUT2D eigenvalue weighted by molar-refractivity contribution is 7.99. The molecule has 0 fully saturated rings. The monoisotopic (exact) mass is 675 g/mol. The van der Waals surface area contributed by atoms with Gasteiger partial charge in [0.15, 0.2) is 0 Å². The van der Waals surface area contributed by atoms with E-state index in [1.54, 1.807) is 17.8 Å². The van der Waals surface area contributed by atoms with Gasteiger partial charge in [0.2, 0.25) is 5.91 Å². The predicted molar refractivity (Wildman–Crippen MR) is 184 cm³/mol. The number of carbonyl (C=O) groups is 3. The minimum absolute atomic E-state index is 0.0681. The molecule has 0 aliphatic carbocycles. The van der Waals surface area contributed by atoms with Crippen LogP contribution in [0.25, 0.3) is 11.1 Å². The molecule has 1 aliphatic rings. The molecule has 3 aromatic carbocycles. The Morgan fingerprint density at radius 2 is 1.94 bits per heavy atom. The van der Waals surface area contributed by atoms with E-state index in [1.807, 2.05) is 77.4 Å². The van der Waals surface area contributed by atoms with E-state index in [2.05, 4.69) is 16.5 Å². The number of rotatable bonds is 14. The van der Waals surface area contributed by atoms with Gasteiger partial charge in [0.25, 0.3) is 5.91 Å².